The van der Waals surface area contributed by atoms with Crippen LogP contribution < -0.4 is 5.11 Å². The second-order valence-corrected chi connectivity index (χ2v) is 14.3. The van der Waals surface area contributed by atoms with Crippen LogP contribution in [0.5, 0.6) is 0 Å². The van der Waals surface area contributed by atoms with E-state index < -0.39 is 32.0 Å². The fraction of sp³-hybridized carbons (Fsp3) is 0.882. The molecule has 6 nitrogen and oxygen atoms in total. The molecule has 24 heavy (non-hydrogen) atoms. The fourth-order valence-corrected chi connectivity index (χ4v) is 4.04. The van der Waals surface area contributed by atoms with Crippen LogP contribution in [0.15, 0.2) is 0 Å². The van der Waals surface area contributed by atoms with E-state index in [2.05, 4.69) is 33.9 Å². The van der Waals surface area contributed by atoms with Gasteiger partial charge in [-0.25, -0.2) is 4.48 Å². The third kappa shape index (κ3) is 4.58. The molecule has 1 aliphatic rings. The number of carbonyl (C=O) groups is 2. The molecule has 0 spiro atoms. The van der Waals surface area contributed by atoms with Crippen LogP contribution in [-0.2, 0) is 14.0 Å². The first-order valence-corrected chi connectivity index (χ1v) is 11.4. The van der Waals surface area contributed by atoms with Crippen molar-refractivity contribution in [1.29, 1.82) is 0 Å². The Bertz CT molecular complexity index is 506. The number of nitrogens with zero attached hydrogens (tertiary/aromatic N) is 1. The molecule has 1 fully saturated rings. The number of likely N-dealkylation sites (N-methyl/N-ethyl adjacent to an activating group) is 1. The van der Waals surface area contributed by atoms with E-state index in [9.17, 15) is 14.7 Å². The topological polar surface area (TPSA) is 75.7 Å². The van der Waals surface area contributed by atoms with Crippen molar-refractivity contribution in [3.05, 3.63) is 0 Å². The zero-order valence-corrected chi connectivity index (χ0v) is 17.6. The van der Waals surface area contributed by atoms with Crippen molar-refractivity contribution in [3.8, 4) is 0 Å². The first kappa shape index (κ1) is 21.1. The maximum absolute atomic E-state index is 12.6. The Labute approximate surface area is 146 Å². The van der Waals surface area contributed by atoms with E-state index in [1.165, 1.54) is 0 Å². The van der Waals surface area contributed by atoms with Crippen LogP contribution in [-0.4, -0.2) is 56.2 Å². The van der Waals surface area contributed by atoms with E-state index in [1.54, 1.807) is 27.8 Å². The first-order chi connectivity index (χ1) is 10.5. The molecule has 0 aromatic heterocycles. The summed E-state index contributed by atoms with van der Waals surface area (Å²) in [6.45, 7) is 16.2. The Hall–Kier alpha value is -0.923. The number of likely N-dealkylation sites (tertiary alicyclic amines) is 1. The maximum atomic E-state index is 12.6. The molecule has 1 heterocycles. The van der Waals surface area contributed by atoms with Crippen molar-refractivity contribution in [2.24, 2.45) is 0 Å². The molecular formula is C17H33NO5Si. The highest BCUT2D eigenvalue weighted by molar-refractivity contribution is 6.74. The van der Waals surface area contributed by atoms with E-state index in [-0.39, 0.29) is 22.0 Å². The summed E-state index contributed by atoms with van der Waals surface area (Å²) in [5.41, 5.74) is -0.673. The molecule has 1 rings (SSSR count). The SMILES string of the molecule is CC(C)(C)OC(=O)[N+]1(C)C[C@H](O[Si](C)(C)C(C)(C)C)C[C@H]1C(=O)[O-]. The molecule has 1 aliphatic heterocycles. The molecule has 0 N–H and O–H groups in total. The second-order valence-electron chi connectivity index (χ2n) is 9.50. The lowest BCUT2D eigenvalue weighted by Gasteiger charge is -2.38. The minimum absolute atomic E-state index is 0.0158. The first-order valence-electron chi connectivity index (χ1n) is 8.47. The summed E-state index contributed by atoms with van der Waals surface area (Å²) in [5.74, 6) is -1.23. The predicted octanol–water partition coefficient (Wildman–Crippen LogP) is 2.28. The van der Waals surface area contributed by atoms with E-state index >= 15 is 0 Å². The minimum Gasteiger partial charge on any atom is -0.544 e. The average molecular weight is 360 g/mol. The zero-order chi connectivity index (χ0) is 19.1. The van der Waals surface area contributed by atoms with Crippen LogP contribution >= 0.6 is 0 Å². The molecule has 0 saturated carbocycles. The van der Waals surface area contributed by atoms with Gasteiger partial charge in [0.25, 0.3) is 0 Å². The Kier molecular flexibility index (Phi) is 5.65. The molecule has 1 amide bonds. The van der Waals surface area contributed by atoms with Crippen LogP contribution in [0.4, 0.5) is 4.79 Å². The predicted molar refractivity (Wildman–Crippen MR) is 92.8 cm³/mol. The summed E-state index contributed by atoms with van der Waals surface area (Å²) in [6, 6.07) is -0.949. The van der Waals surface area contributed by atoms with E-state index in [0.717, 1.165) is 0 Å². The van der Waals surface area contributed by atoms with Crippen molar-refractivity contribution >= 4 is 20.4 Å². The lowest BCUT2D eigenvalue weighted by atomic mass is 10.2. The number of quaternary nitrogens is 1. The number of carbonyl (C=O) groups excluding carboxylic acids is 2. The van der Waals surface area contributed by atoms with Gasteiger partial charge in [-0.2, -0.15) is 4.79 Å². The van der Waals surface area contributed by atoms with Crippen molar-refractivity contribution in [1.82, 2.24) is 0 Å². The van der Waals surface area contributed by atoms with Gasteiger partial charge in [-0.1, -0.05) is 20.8 Å². The number of rotatable bonds is 3. The normalized spacial score (nSPS) is 28.7. The summed E-state index contributed by atoms with van der Waals surface area (Å²) in [4.78, 5) is 24.2. The smallest absolute Gasteiger partial charge is 0.516 e. The second kappa shape index (κ2) is 6.42. The number of aliphatic carboxylic acids is 1. The summed E-state index contributed by atoms with van der Waals surface area (Å²) in [5, 5.41) is 11.6. The van der Waals surface area contributed by atoms with Crippen molar-refractivity contribution in [3.63, 3.8) is 0 Å². The third-order valence-electron chi connectivity index (χ3n) is 5.11. The lowest BCUT2D eigenvalue weighted by molar-refractivity contribution is -0.845. The quantitative estimate of drug-likeness (QED) is 0.571. The van der Waals surface area contributed by atoms with Crippen LogP contribution in [0.1, 0.15) is 48.0 Å². The van der Waals surface area contributed by atoms with Crippen LogP contribution in [0, 0.1) is 0 Å². The number of carboxylic acids is 1. The summed E-state index contributed by atoms with van der Waals surface area (Å²) < 4.78 is 11.5. The Balaban J connectivity index is 3.02. The fourth-order valence-electron chi connectivity index (χ4n) is 2.68. The zero-order valence-electron chi connectivity index (χ0n) is 16.6. The molecule has 3 atom stereocenters. The van der Waals surface area contributed by atoms with Gasteiger partial charge in [-0.05, 0) is 38.9 Å². The molecule has 0 aliphatic carbocycles. The Morgan fingerprint density at radius 1 is 1.12 bits per heavy atom. The monoisotopic (exact) mass is 359 g/mol. The van der Waals surface area contributed by atoms with E-state index in [1.807, 2.05) is 0 Å². The molecule has 140 valence electrons. The van der Waals surface area contributed by atoms with E-state index in [4.69, 9.17) is 9.16 Å². The molecule has 0 radical (unpaired) electrons. The number of carboxylic acid groups (broad SMARTS) is 1. The highest BCUT2D eigenvalue weighted by atomic mass is 28.4. The molecule has 0 aromatic rings. The standard InChI is InChI=1S/C17H33NO5Si/c1-16(2,3)22-15(21)18(7)11-12(10-13(18)14(19)20)23-24(8,9)17(4,5)6/h12-13H,10-11H2,1-9H3/t12-,13+,18?/m1/s1. The summed E-state index contributed by atoms with van der Waals surface area (Å²) in [7, 11) is -0.453. The molecule has 0 aromatic carbocycles. The largest absolute Gasteiger partial charge is 0.544 e. The van der Waals surface area contributed by atoms with Crippen LogP contribution in [0.3, 0.4) is 0 Å². The number of hydrogen-bond donors (Lipinski definition) is 0. The maximum Gasteiger partial charge on any atom is 0.516 e. The number of ether oxygens (including phenoxy) is 1. The Morgan fingerprint density at radius 2 is 1.62 bits per heavy atom. The number of hydrogen-bond acceptors (Lipinski definition) is 5. The molecule has 0 bridgehead atoms. The molecule has 7 heteroatoms. The Morgan fingerprint density at radius 3 is 2.00 bits per heavy atom. The van der Waals surface area contributed by atoms with Gasteiger partial charge >= 0.3 is 6.09 Å². The molecule has 1 saturated heterocycles. The molecular weight excluding hydrogens is 326 g/mol. The van der Waals surface area contributed by atoms with Gasteiger partial charge in [-0.15, -0.1) is 0 Å². The molecule has 1 unspecified atom stereocenters. The van der Waals surface area contributed by atoms with Crippen molar-refractivity contribution in [2.45, 2.75) is 83.8 Å². The van der Waals surface area contributed by atoms with E-state index in [0.29, 0.717) is 6.54 Å². The van der Waals surface area contributed by atoms with Gasteiger partial charge in [0, 0.05) is 6.42 Å². The van der Waals surface area contributed by atoms with Crippen LogP contribution in [0.2, 0.25) is 18.1 Å². The summed E-state index contributed by atoms with van der Waals surface area (Å²) in [6.07, 6.45) is -0.561. The van der Waals surface area contributed by atoms with Gasteiger partial charge in [0.15, 0.2) is 8.32 Å². The van der Waals surface area contributed by atoms with Gasteiger partial charge in [0.2, 0.25) is 0 Å². The van der Waals surface area contributed by atoms with Gasteiger partial charge < -0.3 is 19.1 Å². The van der Waals surface area contributed by atoms with Crippen molar-refractivity contribution < 1.29 is 28.3 Å². The van der Waals surface area contributed by atoms with Gasteiger partial charge in [-0.3, -0.25) is 0 Å². The summed E-state index contributed by atoms with van der Waals surface area (Å²) >= 11 is 0. The van der Waals surface area contributed by atoms with Gasteiger partial charge in [0.05, 0.1) is 7.05 Å². The third-order valence-corrected chi connectivity index (χ3v) is 9.64. The van der Waals surface area contributed by atoms with Crippen molar-refractivity contribution in [2.75, 3.05) is 13.6 Å². The highest BCUT2D eigenvalue weighted by Gasteiger charge is 2.54. The number of amides is 1. The lowest BCUT2D eigenvalue weighted by Crippen LogP contribution is -2.60. The average Bonchev–Trinajstić information content (AvgIpc) is 2.63. The van der Waals surface area contributed by atoms with Gasteiger partial charge in [0.1, 0.15) is 30.3 Å². The minimum atomic E-state index is -2.05. The highest BCUT2D eigenvalue weighted by Crippen LogP contribution is 2.40. The van der Waals surface area contributed by atoms with Crippen LogP contribution in [0.25, 0.3) is 0 Å².